The fourth-order valence-corrected chi connectivity index (χ4v) is 2.91. The number of halogens is 2. The SMILES string of the molecule is CN=C(NCC(C)Oc1ccc(Cl)cc1)NCC1CN(C)CCN1C.I. The number of aliphatic imine (C=N–C) groups is 1. The molecule has 6 nitrogen and oxygen atoms in total. The predicted octanol–water partition coefficient (Wildman–Crippen LogP) is 2.14. The molecule has 2 rings (SSSR count). The van der Waals surface area contributed by atoms with Crippen molar-refractivity contribution in [2.24, 2.45) is 4.99 Å². The van der Waals surface area contributed by atoms with E-state index >= 15 is 0 Å². The van der Waals surface area contributed by atoms with Crippen molar-refractivity contribution in [1.82, 2.24) is 20.4 Å². The van der Waals surface area contributed by atoms with Gasteiger partial charge in [-0.1, -0.05) is 11.6 Å². The third-order valence-electron chi connectivity index (χ3n) is 4.42. The van der Waals surface area contributed by atoms with Crippen LogP contribution in [0.15, 0.2) is 29.3 Å². The van der Waals surface area contributed by atoms with Crippen molar-refractivity contribution < 1.29 is 4.74 Å². The van der Waals surface area contributed by atoms with E-state index in [9.17, 15) is 0 Å². The highest BCUT2D eigenvalue weighted by Gasteiger charge is 2.22. The number of piperazine rings is 1. The Morgan fingerprint density at radius 3 is 2.62 bits per heavy atom. The second-order valence-corrected chi connectivity index (χ2v) is 7.05. The van der Waals surface area contributed by atoms with Crippen LogP contribution in [-0.4, -0.2) is 81.8 Å². The van der Waals surface area contributed by atoms with Gasteiger partial charge in [-0.2, -0.15) is 0 Å². The highest BCUT2D eigenvalue weighted by atomic mass is 127. The van der Waals surface area contributed by atoms with E-state index in [1.165, 1.54) is 0 Å². The number of likely N-dealkylation sites (N-methyl/N-ethyl adjacent to an activating group) is 2. The third-order valence-corrected chi connectivity index (χ3v) is 4.67. The van der Waals surface area contributed by atoms with E-state index in [-0.39, 0.29) is 30.1 Å². The van der Waals surface area contributed by atoms with Gasteiger partial charge < -0.3 is 20.3 Å². The zero-order valence-electron chi connectivity index (χ0n) is 16.0. The van der Waals surface area contributed by atoms with Crippen LogP contribution in [0.5, 0.6) is 5.75 Å². The summed E-state index contributed by atoms with van der Waals surface area (Å²) < 4.78 is 5.87. The molecule has 0 aliphatic carbocycles. The molecule has 1 aliphatic heterocycles. The fraction of sp³-hybridized carbons (Fsp3) is 0.611. The smallest absolute Gasteiger partial charge is 0.191 e. The molecule has 1 aromatic rings. The van der Waals surface area contributed by atoms with Gasteiger partial charge in [-0.3, -0.25) is 9.89 Å². The van der Waals surface area contributed by atoms with Gasteiger partial charge in [0.1, 0.15) is 11.9 Å². The maximum Gasteiger partial charge on any atom is 0.191 e. The number of benzene rings is 1. The van der Waals surface area contributed by atoms with Crippen molar-refractivity contribution in [3.8, 4) is 5.75 Å². The topological polar surface area (TPSA) is 52.1 Å². The molecule has 0 aromatic heterocycles. The van der Waals surface area contributed by atoms with Crippen molar-refractivity contribution in [1.29, 1.82) is 0 Å². The molecule has 0 bridgehead atoms. The van der Waals surface area contributed by atoms with Crippen LogP contribution >= 0.6 is 35.6 Å². The zero-order chi connectivity index (χ0) is 18.2. The van der Waals surface area contributed by atoms with Gasteiger partial charge in [-0.05, 0) is 45.3 Å². The molecule has 148 valence electrons. The molecular weight excluding hydrogens is 465 g/mol. The monoisotopic (exact) mass is 495 g/mol. The van der Waals surface area contributed by atoms with Crippen molar-refractivity contribution in [3.05, 3.63) is 29.3 Å². The van der Waals surface area contributed by atoms with E-state index in [1.54, 1.807) is 7.05 Å². The molecule has 0 saturated carbocycles. The minimum absolute atomic E-state index is 0. The summed E-state index contributed by atoms with van der Waals surface area (Å²) in [4.78, 5) is 9.06. The largest absolute Gasteiger partial charge is 0.489 e. The Balaban J connectivity index is 0.00000338. The van der Waals surface area contributed by atoms with Gasteiger partial charge in [0.25, 0.3) is 0 Å². The number of nitrogens with zero attached hydrogens (tertiary/aromatic N) is 3. The maximum atomic E-state index is 5.89. The maximum absolute atomic E-state index is 5.89. The van der Waals surface area contributed by atoms with Crippen molar-refractivity contribution in [2.75, 3.05) is 53.9 Å². The van der Waals surface area contributed by atoms with E-state index < -0.39 is 0 Å². The van der Waals surface area contributed by atoms with Crippen LogP contribution in [-0.2, 0) is 0 Å². The molecule has 2 unspecified atom stereocenters. The van der Waals surface area contributed by atoms with Crippen molar-refractivity contribution >= 4 is 41.5 Å². The Morgan fingerprint density at radius 1 is 1.27 bits per heavy atom. The summed E-state index contributed by atoms with van der Waals surface area (Å²) in [6.45, 7) is 6.85. The summed E-state index contributed by atoms with van der Waals surface area (Å²) in [5.41, 5.74) is 0. The quantitative estimate of drug-likeness (QED) is 0.360. The summed E-state index contributed by atoms with van der Waals surface area (Å²) in [6.07, 6.45) is 0.0169. The molecule has 26 heavy (non-hydrogen) atoms. The van der Waals surface area contributed by atoms with Crippen LogP contribution in [0.3, 0.4) is 0 Å². The third kappa shape index (κ3) is 7.85. The Bertz CT molecular complexity index is 557. The van der Waals surface area contributed by atoms with Gasteiger partial charge in [0.05, 0.1) is 6.54 Å². The molecule has 2 N–H and O–H groups in total. The molecule has 2 atom stereocenters. The lowest BCUT2D eigenvalue weighted by Crippen LogP contribution is -2.55. The van der Waals surface area contributed by atoms with Gasteiger partial charge in [0.15, 0.2) is 5.96 Å². The normalized spacial score (nSPS) is 20.2. The van der Waals surface area contributed by atoms with E-state index in [2.05, 4.69) is 39.5 Å². The Labute approximate surface area is 179 Å². The van der Waals surface area contributed by atoms with Crippen LogP contribution in [0.4, 0.5) is 0 Å². The minimum atomic E-state index is 0. The second kappa shape index (κ2) is 11.8. The minimum Gasteiger partial charge on any atom is -0.489 e. The summed E-state index contributed by atoms with van der Waals surface area (Å²) >= 11 is 5.89. The summed E-state index contributed by atoms with van der Waals surface area (Å²) in [5, 5.41) is 7.45. The van der Waals surface area contributed by atoms with Gasteiger partial charge >= 0.3 is 0 Å². The van der Waals surface area contributed by atoms with Gasteiger partial charge in [-0.15, -0.1) is 24.0 Å². The average Bonchev–Trinajstić information content (AvgIpc) is 2.60. The fourth-order valence-electron chi connectivity index (χ4n) is 2.78. The molecule has 0 radical (unpaired) electrons. The molecule has 1 heterocycles. The first-order valence-corrected chi connectivity index (χ1v) is 9.11. The predicted molar refractivity (Wildman–Crippen MR) is 120 cm³/mol. The molecular formula is C18H31ClIN5O. The first-order valence-electron chi connectivity index (χ1n) is 8.73. The van der Waals surface area contributed by atoms with E-state index in [0.717, 1.165) is 37.9 Å². The Morgan fingerprint density at radius 2 is 1.96 bits per heavy atom. The van der Waals surface area contributed by atoms with Gasteiger partial charge in [0, 0.05) is 44.3 Å². The molecule has 1 fully saturated rings. The van der Waals surface area contributed by atoms with Crippen LogP contribution in [0.2, 0.25) is 5.02 Å². The summed E-state index contributed by atoms with van der Waals surface area (Å²) in [5.74, 6) is 1.61. The van der Waals surface area contributed by atoms with Crippen LogP contribution in [0.25, 0.3) is 0 Å². The molecule has 0 amide bonds. The molecule has 1 saturated heterocycles. The number of guanidine groups is 1. The van der Waals surface area contributed by atoms with E-state index in [1.807, 2.05) is 31.2 Å². The molecule has 8 heteroatoms. The number of hydrogen-bond acceptors (Lipinski definition) is 4. The molecule has 1 aromatic carbocycles. The average molecular weight is 496 g/mol. The number of ether oxygens (including phenoxy) is 1. The Hall–Kier alpha value is -0.770. The lowest BCUT2D eigenvalue weighted by molar-refractivity contribution is 0.116. The lowest BCUT2D eigenvalue weighted by Gasteiger charge is -2.38. The number of rotatable bonds is 6. The van der Waals surface area contributed by atoms with Gasteiger partial charge in [0.2, 0.25) is 0 Å². The lowest BCUT2D eigenvalue weighted by atomic mass is 10.2. The van der Waals surface area contributed by atoms with Crippen LogP contribution in [0.1, 0.15) is 6.92 Å². The van der Waals surface area contributed by atoms with Crippen molar-refractivity contribution in [2.45, 2.75) is 19.1 Å². The van der Waals surface area contributed by atoms with E-state index in [4.69, 9.17) is 16.3 Å². The molecule has 0 spiro atoms. The zero-order valence-corrected chi connectivity index (χ0v) is 19.1. The van der Waals surface area contributed by atoms with E-state index in [0.29, 0.717) is 17.6 Å². The first kappa shape index (κ1) is 23.3. The summed E-state index contributed by atoms with van der Waals surface area (Å²) in [7, 11) is 6.14. The molecule has 1 aliphatic rings. The number of hydrogen-bond donors (Lipinski definition) is 2. The standard InChI is InChI=1S/C18H30ClN5O.HI/c1-14(25-17-7-5-15(19)6-8-17)11-21-18(20-2)22-12-16-13-23(3)9-10-24(16)4;/h5-8,14,16H,9-13H2,1-4H3,(H2,20,21,22);1H. The summed E-state index contributed by atoms with van der Waals surface area (Å²) in [6, 6.07) is 7.90. The second-order valence-electron chi connectivity index (χ2n) is 6.61. The van der Waals surface area contributed by atoms with Crippen LogP contribution in [0, 0.1) is 0 Å². The highest BCUT2D eigenvalue weighted by Crippen LogP contribution is 2.16. The Kier molecular flexibility index (Phi) is 10.6. The van der Waals surface area contributed by atoms with Gasteiger partial charge in [-0.25, -0.2) is 0 Å². The first-order chi connectivity index (χ1) is 12.0. The van der Waals surface area contributed by atoms with Crippen LogP contribution < -0.4 is 15.4 Å². The number of nitrogens with one attached hydrogen (secondary N) is 2. The van der Waals surface area contributed by atoms with Crippen molar-refractivity contribution in [3.63, 3.8) is 0 Å². The highest BCUT2D eigenvalue weighted by molar-refractivity contribution is 14.0.